The van der Waals surface area contributed by atoms with Gasteiger partial charge in [-0.2, -0.15) is 0 Å². The molecule has 1 saturated heterocycles. The maximum Gasteiger partial charge on any atom is 0.241 e. The van der Waals surface area contributed by atoms with E-state index in [4.69, 9.17) is 10.5 Å². The molecule has 1 aliphatic rings. The van der Waals surface area contributed by atoms with Crippen LogP contribution in [0.4, 0.5) is 5.69 Å². The zero-order valence-corrected chi connectivity index (χ0v) is 11.4. The van der Waals surface area contributed by atoms with Crippen molar-refractivity contribution < 1.29 is 9.53 Å². The molecule has 0 bridgehead atoms. The Labute approximate surface area is 114 Å². The second kappa shape index (κ2) is 6.68. The molecule has 0 radical (unpaired) electrons. The Morgan fingerprint density at radius 1 is 1.47 bits per heavy atom. The standard InChI is InChI=1S/C15H22N2O2/c1-2-11-4-3-5-13(10-11)17-15(18)14(16)12-6-8-19-9-7-12/h3-5,10,12,14H,2,6-9,16H2,1H3,(H,17,18). The molecule has 1 atom stereocenters. The quantitative estimate of drug-likeness (QED) is 0.871. The SMILES string of the molecule is CCc1cccc(NC(=O)C(N)C2CCOCC2)c1. The number of rotatable bonds is 4. The van der Waals surface area contributed by atoms with Crippen LogP contribution in [0.25, 0.3) is 0 Å². The van der Waals surface area contributed by atoms with Crippen molar-refractivity contribution in [3.8, 4) is 0 Å². The molecule has 1 unspecified atom stereocenters. The van der Waals surface area contributed by atoms with Gasteiger partial charge in [0.25, 0.3) is 0 Å². The molecule has 19 heavy (non-hydrogen) atoms. The Balaban J connectivity index is 1.95. The Morgan fingerprint density at radius 3 is 2.89 bits per heavy atom. The first kappa shape index (κ1) is 14.0. The molecule has 104 valence electrons. The first-order valence-corrected chi connectivity index (χ1v) is 6.94. The molecule has 0 spiro atoms. The minimum atomic E-state index is -0.450. The molecule has 1 aromatic carbocycles. The van der Waals surface area contributed by atoms with Gasteiger partial charge in [-0.25, -0.2) is 0 Å². The maximum atomic E-state index is 12.1. The van der Waals surface area contributed by atoms with Crippen LogP contribution in [-0.2, 0) is 16.0 Å². The van der Waals surface area contributed by atoms with Crippen molar-refractivity contribution >= 4 is 11.6 Å². The molecule has 4 nitrogen and oxygen atoms in total. The predicted molar refractivity (Wildman–Crippen MR) is 76.0 cm³/mol. The lowest BCUT2D eigenvalue weighted by atomic mass is 9.92. The second-order valence-electron chi connectivity index (χ2n) is 5.02. The zero-order valence-electron chi connectivity index (χ0n) is 11.4. The molecule has 1 amide bonds. The third-order valence-corrected chi connectivity index (χ3v) is 3.68. The first-order valence-electron chi connectivity index (χ1n) is 6.94. The van der Waals surface area contributed by atoms with E-state index < -0.39 is 6.04 Å². The summed E-state index contributed by atoms with van der Waals surface area (Å²) in [5.74, 6) is 0.128. The van der Waals surface area contributed by atoms with Gasteiger partial charge in [0, 0.05) is 18.9 Å². The van der Waals surface area contributed by atoms with Crippen LogP contribution in [0, 0.1) is 5.92 Å². The van der Waals surface area contributed by atoms with E-state index in [0.717, 1.165) is 24.9 Å². The van der Waals surface area contributed by atoms with Gasteiger partial charge in [0.1, 0.15) is 0 Å². The summed E-state index contributed by atoms with van der Waals surface area (Å²) in [5, 5.41) is 2.91. The van der Waals surface area contributed by atoms with Gasteiger partial charge in [0.15, 0.2) is 0 Å². The van der Waals surface area contributed by atoms with E-state index in [2.05, 4.69) is 12.2 Å². The summed E-state index contributed by atoms with van der Waals surface area (Å²) in [6, 6.07) is 7.44. The van der Waals surface area contributed by atoms with Gasteiger partial charge < -0.3 is 15.8 Å². The molecule has 1 fully saturated rings. The van der Waals surface area contributed by atoms with Crippen molar-refractivity contribution in [1.82, 2.24) is 0 Å². The number of benzene rings is 1. The fourth-order valence-corrected chi connectivity index (χ4v) is 2.38. The minimum Gasteiger partial charge on any atom is -0.381 e. The van der Waals surface area contributed by atoms with Crippen molar-refractivity contribution in [2.75, 3.05) is 18.5 Å². The summed E-state index contributed by atoms with van der Waals surface area (Å²) < 4.78 is 5.29. The monoisotopic (exact) mass is 262 g/mol. The van der Waals surface area contributed by atoms with E-state index >= 15 is 0 Å². The van der Waals surface area contributed by atoms with Crippen molar-refractivity contribution in [1.29, 1.82) is 0 Å². The van der Waals surface area contributed by atoms with Gasteiger partial charge in [-0.1, -0.05) is 19.1 Å². The van der Waals surface area contributed by atoms with E-state index in [1.807, 2.05) is 24.3 Å². The summed E-state index contributed by atoms with van der Waals surface area (Å²) in [7, 11) is 0. The van der Waals surface area contributed by atoms with Gasteiger partial charge >= 0.3 is 0 Å². The van der Waals surface area contributed by atoms with Crippen LogP contribution in [0.3, 0.4) is 0 Å². The largest absolute Gasteiger partial charge is 0.381 e. The summed E-state index contributed by atoms with van der Waals surface area (Å²) in [4.78, 5) is 12.1. The first-order chi connectivity index (χ1) is 9.20. The molecular weight excluding hydrogens is 240 g/mol. The summed E-state index contributed by atoms with van der Waals surface area (Å²) in [6.45, 7) is 3.50. The van der Waals surface area contributed by atoms with E-state index in [-0.39, 0.29) is 11.8 Å². The van der Waals surface area contributed by atoms with Gasteiger partial charge in [0.2, 0.25) is 5.91 Å². The van der Waals surface area contributed by atoms with E-state index in [0.29, 0.717) is 13.2 Å². The summed E-state index contributed by atoms with van der Waals surface area (Å²) in [5.41, 5.74) is 8.07. The van der Waals surface area contributed by atoms with Crippen LogP contribution in [0.1, 0.15) is 25.3 Å². The van der Waals surface area contributed by atoms with Crippen molar-refractivity contribution in [2.24, 2.45) is 11.7 Å². The predicted octanol–water partition coefficient (Wildman–Crippen LogP) is 1.94. The van der Waals surface area contributed by atoms with Gasteiger partial charge in [0.05, 0.1) is 6.04 Å². The molecule has 1 heterocycles. The minimum absolute atomic E-state index is 0.0971. The summed E-state index contributed by atoms with van der Waals surface area (Å²) >= 11 is 0. The highest BCUT2D eigenvalue weighted by Crippen LogP contribution is 2.19. The lowest BCUT2D eigenvalue weighted by molar-refractivity contribution is -0.119. The van der Waals surface area contributed by atoms with Crippen LogP contribution >= 0.6 is 0 Å². The molecule has 1 aromatic rings. The van der Waals surface area contributed by atoms with E-state index in [1.165, 1.54) is 5.56 Å². The Kier molecular flexibility index (Phi) is 4.93. The molecule has 0 aromatic heterocycles. The molecule has 1 aliphatic heterocycles. The lowest BCUT2D eigenvalue weighted by Crippen LogP contribution is -2.44. The molecule has 0 aliphatic carbocycles. The molecular formula is C15H22N2O2. The number of carbonyl (C=O) groups is 1. The second-order valence-corrected chi connectivity index (χ2v) is 5.02. The smallest absolute Gasteiger partial charge is 0.241 e. The van der Waals surface area contributed by atoms with Crippen LogP contribution in [-0.4, -0.2) is 25.2 Å². The Morgan fingerprint density at radius 2 is 2.21 bits per heavy atom. The number of aryl methyl sites for hydroxylation is 1. The number of anilines is 1. The van der Waals surface area contributed by atoms with Crippen molar-refractivity contribution in [2.45, 2.75) is 32.2 Å². The average Bonchev–Trinajstić information content (AvgIpc) is 2.47. The number of hydrogen-bond acceptors (Lipinski definition) is 3. The van der Waals surface area contributed by atoms with Crippen LogP contribution in [0.5, 0.6) is 0 Å². The fraction of sp³-hybridized carbons (Fsp3) is 0.533. The number of nitrogens with one attached hydrogen (secondary N) is 1. The average molecular weight is 262 g/mol. The Hall–Kier alpha value is -1.39. The molecule has 3 N–H and O–H groups in total. The Bertz CT molecular complexity index is 428. The van der Waals surface area contributed by atoms with E-state index in [1.54, 1.807) is 0 Å². The molecule has 2 rings (SSSR count). The molecule has 4 heteroatoms. The zero-order chi connectivity index (χ0) is 13.7. The highest BCUT2D eigenvalue weighted by Gasteiger charge is 2.26. The number of hydrogen-bond donors (Lipinski definition) is 2. The maximum absolute atomic E-state index is 12.1. The topological polar surface area (TPSA) is 64.4 Å². The lowest BCUT2D eigenvalue weighted by Gasteiger charge is -2.26. The highest BCUT2D eigenvalue weighted by atomic mass is 16.5. The van der Waals surface area contributed by atoms with Gasteiger partial charge in [-0.3, -0.25) is 4.79 Å². The van der Waals surface area contributed by atoms with Crippen LogP contribution in [0.2, 0.25) is 0 Å². The summed E-state index contributed by atoms with van der Waals surface area (Å²) in [6.07, 6.45) is 2.68. The van der Waals surface area contributed by atoms with Gasteiger partial charge in [-0.05, 0) is 42.9 Å². The third kappa shape index (κ3) is 3.78. The van der Waals surface area contributed by atoms with Crippen molar-refractivity contribution in [3.05, 3.63) is 29.8 Å². The third-order valence-electron chi connectivity index (χ3n) is 3.68. The van der Waals surface area contributed by atoms with E-state index in [9.17, 15) is 4.79 Å². The van der Waals surface area contributed by atoms with Crippen LogP contribution < -0.4 is 11.1 Å². The number of carbonyl (C=O) groups excluding carboxylic acids is 1. The number of nitrogens with two attached hydrogens (primary N) is 1. The fourth-order valence-electron chi connectivity index (χ4n) is 2.38. The van der Waals surface area contributed by atoms with Gasteiger partial charge in [-0.15, -0.1) is 0 Å². The van der Waals surface area contributed by atoms with Crippen molar-refractivity contribution in [3.63, 3.8) is 0 Å². The molecule has 0 saturated carbocycles. The normalized spacial score (nSPS) is 18.0. The number of ether oxygens (including phenoxy) is 1. The number of amides is 1. The highest BCUT2D eigenvalue weighted by molar-refractivity contribution is 5.94. The van der Waals surface area contributed by atoms with Crippen LogP contribution in [0.15, 0.2) is 24.3 Å².